The molecule has 0 saturated carbocycles. The summed E-state index contributed by atoms with van der Waals surface area (Å²) in [6, 6.07) is 14.0. The minimum Gasteiger partial charge on any atom is -0.444 e. The van der Waals surface area contributed by atoms with E-state index in [4.69, 9.17) is 4.74 Å². The van der Waals surface area contributed by atoms with Crippen LogP contribution in [0.1, 0.15) is 43.4 Å². The zero-order chi connectivity index (χ0) is 21.1. The van der Waals surface area contributed by atoms with Gasteiger partial charge in [0, 0.05) is 19.0 Å². The van der Waals surface area contributed by atoms with Crippen molar-refractivity contribution in [1.82, 2.24) is 10.6 Å². The summed E-state index contributed by atoms with van der Waals surface area (Å²) < 4.78 is 33.5. The van der Waals surface area contributed by atoms with Gasteiger partial charge in [-0.2, -0.15) is 0 Å². The second-order valence-electron chi connectivity index (χ2n) is 8.62. The molecule has 1 aliphatic heterocycles. The third-order valence-electron chi connectivity index (χ3n) is 5.16. The van der Waals surface area contributed by atoms with Gasteiger partial charge < -0.3 is 15.4 Å². The molecule has 0 bridgehead atoms. The first-order valence-electron chi connectivity index (χ1n) is 9.82. The number of carbonyl (C=O) groups is 1. The van der Waals surface area contributed by atoms with Crippen LogP contribution in [0.3, 0.4) is 0 Å². The summed E-state index contributed by atoms with van der Waals surface area (Å²) in [5.41, 5.74) is 0.369. The Labute approximate surface area is 170 Å². The number of benzene rings is 2. The fourth-order valence-electron chi connectivity index (χ4n) is 3.94. The predicted octanol–water partition coefficient (Wildman–Crippen LogP) is 4.49. The normalized spacial score (nSPS) is 21.8. The quantitative estimate of drug-likeness (QED) is 0.775. The molecule has 0 unspecified atom stereocenters. The van der Waals surface area contributed by atoms with Gasteiger partial charge in [-0.05, 0) is 56.0 Å². The highest BCUT2D eigenvalue weighted by molar-refractivity contribution is 5.69. The van der Waals surface area contributed by atoms with Crippen LogP contribution in [0.5, 0.6) is 0 Å². The first-order chi connectivity index (χ1) is 13.7. The van der Waals surface area contributed by atoms with E-state index >= 15 is 0 Å². The molecule has 29 heavy (non-hydrogen) atoms. The molecule has 6 heteroatoms. The molecule has 2 N–H and O–H groups in total. The zero-order valence-corrected chi connectivity index (χ0v) is 17.1. The average molecular weight is 402 g/mol. The van der Waals surface area contributed by atoms with Crippen molar-refractivity contribution in [3.63, 3.8) is 0 Å². The van der Waals surface area contributed by atoms with Crippen molar-refractivity contribution < 1.29 is 18.3 Å². The minimum absolute atomic E-state index is 0.373. The van der Waals surface area contributed by atoms with Crippen molar-refractivity contribution in [3.05, 3.63) is 71.0 Å². The van der Waals surface area contributed by atoms with Crippen LogP contribution >= 0.6 is 0 Å². The Hall–Kier alpha value is -2.47. The summed E-state index contributed by atoms with van der Waals surface area (Å²) >= 11 is 0. The number of hydrogen-bond donors (Lipinski definition) is 2. The van der Waals surface area contributed by atoms with Crippen molar-refractivity contribution in [2.24, 2.45) is 0 Å². The van der Waals surface area contributed by atoms with Gasteiger partial charge in [-0.3, -0.25) is 0 Å². The van der Waals surface area contributed by atoms with E-state index in [1.165, 1.54) is 12.1 Å². The number of alkyl carbamates (subject to hydrolysis) is 1. The van der Waals surface area contributed by atoms with E-state index in [9.17, 15) is 13.6 Å². The standard InChI is InChI=1S/C23H28F2N2O2/c1-22(2,3)29-21(28)27-23(12-16-7-5-4-6-8-16)15-26-14-19(23)18-11-17(13-24)9-10-20(18)25/h4-11,19,26H,12-15H2,1-3H3,(H,27,28)/t19-,23+/m1/s1. The monoisotopic (exact) mass is 402 g/mol. The lowest BCUT2D eigenvalue weighted by atomic mass is 9.77. The number of alkyl halides is 1. The molecule has 1 heterocycles. The summed E-state index contributed by atoms with van der Waals surface area (Å²) in [4.78, 5) is 12.7. The molecule has 1 saturated heterocycles. The zero-order valence-electron chi connectivity index (χ0n) is 17.1. The third-order valence-corrected chi connectivity index (χ3v) is 5.16. The molecule has 156 valence electrons. The van der Waals surface area contributed by atoms with Crippen LogP contribution in [-0.4, -0.2) is 30.3 Å². The second-order valence-corrected chi connectivity index (χ2v) is 8.62. The summed E-state index contributed by atoms with van der Waals surface area (Å²) in [5.74, 6) is -0.777. The van der Waals surface area contributed by atoms with Crippen LogP contribution < -0.4 is 10.6 Å². The highest BCUT2D eigenvalue weighted by Crippen LogP contribution is 2.37. The maximum absolute atomic E-state index is 14.8. The Morgan fingerprint density at radius 2 is 1.93 bits per heavy atom. The Morgan fingerprint density at radius 1 is 1.21 bits per heavy atom. The fourth-order valence-corrected chi connectivity index (χ4v) is 3.94. The van der Waals surface area contributed by atoms with Gasteiger partial charge >= 0.3 is 6.09 Å². The van der Waals surface area contributed by atoms with Crippen molar-refractivity contribution in [2.45, 2.75) is 50.9 Å². The number of halogens is 2. The molecule has 0 aliphatic carbocycles. The van der Waals surface area contributed by atoms with E-state index in [2.05, 4.69) is 10.6 Å². The summed E-state index contributed by atoms with van der Waals surface area (Å²) in [6.45, 7) is 5.64. The van der Waals surface area contributed by atoms with Crippen LogP contribution in [0.15, 0.2) is 48.5 Å². The van der Waals surface area contributed by atoms with Gasteiger partial charge in [0.05, 0.1) is 5.54 Å². The minimum atomic E-state index is -0.806. The molecule has 0 aromatic heterocycles. The summed E-state index contributed by atoms with van der Waals surface area (Å²) in [5, 5.41) is 6.31. The van der Waals surface area contributed by atoms with Gasteiger partial charge in [-0.25, -0.2) is 13.6 Å². The van der Waals surface area contributed by atoms with Gasteiger partial charge in [-0.1, -0.05) is 36.4 Å². The molecule has 0 radical (unpaired) electrons. The van der Waals surface area contributed by atoms with Gasteiger partial charge in [0.1, 0.15) is 18.1 Å². The number of ether oxygens (including phenoxy) is 1. The molecule has 2 atom stereocenters. The van der Waals surface area contributed by atoms with Crippen LogP contribution in [0.25, 0.3) is 0 Å². The molecule has 2 aromatic carbocycles. The first-order valence-corrected chi connectivity index (χ1v) is 9.82. The molecule has 2 aromatic rings. The van der Waals surface area contributed by atoms with Crippen molar-refractivity contribution in [1.29, 1.82) is 0 Å². The van der Waals surface area contributed by atoms with Crippen LogP contribution in [0.2, 0.25) is 0 Å². The van der Waals surface area contributed by atoms with E-state index < -0.39 is 29.7 Å². The summed E-state index contributed by atoms with van der Waals surface area (Å²) in [6.07, 6.45) is -0.0616. The first kappa shape index (κ1) is 21.2. The van der Waals surface area contributed by atoms with E-state index in [0.29, 0.717) is 30.6 Å². The molecule has 4 nitrogen and oxygen atoms in total. The SMILES string of the molecule is CC(C)(C)OC(=O)N[C@@]1(Cc2ccccc2)CNC[C@@H]1c1cc(CF)ccc1F. The van der Waals surface area contributed by atoms with Crippen LogP contribution in [-0.2, 0) is 17.8 Å². The highest BCUT2D eigenvalue weighted by atomic mass is 19.1. The van der Waals surface area contributed by atoms with Crippen molar-refractivity contribution in [2.75, 3.05) is 13.1 Å². The Balaban J connectivity index is 2.00. The Kier molecular flexibility index (Phi) is 6.22. The molecular formula is C23H28F2N2O2. The third kappa shape index (κ3) is 5.12. The maximum atomic E-state index is 14.8. The second kappa shape index (κ2) is 8.49. The van der Waals surface area contributed by atoms with Gasteiger partial charge in [0.15, 0.2) is 0 Å². The molecule has 1 amide bonds. The van der Waals surface area contributed by atoms with Gasteiger partial charge in [0.25, 0.3) is 0 Å². The number of carbonyl (C=O) groups excluding carboxylic acids is 1. The maximum Gasteiger partial charge on any atom is 0.408 e. The van der Waals surface area contributed by atoms with E-state index in [1.54, 1.807) is 26.8 Å². The smallest absolute Gasteiger partial charge is 0.408 e. The number of amides is 1. The van der Waals surface area contributed by atoms with Gasteiger partial charge in [-0.15, -0.1) is 0 Å². The Bertz CT molecular complexity index is 852. The number of nitrogens with one attached hydrogen (secondary N) is 2. The predicted molar refractivity (Wildman–Crippen MR) is 109 cm³/mol. The lowest BCUT2D eigenvalue weighted by Gasteiger charge is -2.37. The van der Waals surface area contributed by atoms with Crippen LogP contribution in [0, 0.1) is 5.82 Å². The molecule has 1 fully saturated rings. The highest BCUT2D eigenvalue weighted by Gasteiger charge is 2.46. The van der Waals surface area contributed by atoms with Crippen molar-refractivity contribution in [3.8, 4) is 0 Å². The Morgan fingerprint density at radius 3 is 2.59 bits per heavy atom. The van der Waals surface area contributed by atoms with Crippen molar-refractivity contribution >= 4 is 6.09 Å². The van der Waals surface area contributed by atoms with Gasteiger partial charge in [0.2, 0.25) is 0 Å². The lowest BCUT2D eigenvalue weighted by Crippen LogP contribution is -2.56. The largest absolute Gasteiger partial charge is 0.444 e. The number of rotatable bonds is 5. The van der Waals surface area contributed by atoms with E-state index in [1.807, 2.05) is 30.3 Å². The topological polar surface area (TPSA) is 50.4 Å². The van der Waals surface area contributed by atoms with E-state index in [-0.39, 0.29) is 5.92 Å². The van der Waals surface area contributed by atoms with Crippen LogP contribution in [0.4, 0.5) is 13.6 Å². The fraction of sp³-hybridized carbons (Fsp3) is 0.435. The average Bonchev–Trinajstić information content (AvgIpc) is 3.04. The molecule has 1 aliphatic rings. The molecular weight excluding hydrogens is 374 g/mol. The lowest BCUT2D eigenvalue weighted by molar-refractivity contribution is 0.0453. The van der Waals surface area contributed by atoms with E-state index in [0.717, 1.165) is 5.56 Å². The molecule has 3 rings (SSSR count). The molecule has 0 spiro atoms. The summed E-state index contributed by atoms with van der Waals surface area (Å²) in [7, 11) is 0. The number of hydrogen-bond acceptors (Lipinski definition) is 3.